The molecular formula is C28H27ClF4N2O6. The van der Waals surface area contributed by atoms with Gasteiger partial charge in [-0.1, -0.05) is 17.7 Å². The number of nitrogens with one attached hydrogen (secondary N) is 1. The fourth-order valence-electron chi connectivity index (χ4n) is 4.59. The lowest BCUT2D eigenvalue weighted by Gasteiger charge is -2.29. The van der Waals surface area contributed by atoms with Crippen molar-refractivity contribution in [2.75, 3.05) is 30.5 Å². The Balaban J connectivity index is 1.64. The van der Waals surface area contributed by atoms with E-state index in [0.717, 1.165) is 12.1 Å². The minimum Gasteiger partial charge on any atom is -0.497 e. The summed E-state index contributed by atoms with van der Waals surface area (Å²) in [6, 6.07) is 5.74. The van der Waals surface area contributed by atoms with Crippen molar-refractivity contribution in [3.05, 3.63) is 64.5 Å². The molecule has 13 heteroatoms. The van der Waals surface area contributed by atoms with Gasteiger partial charge >= 0.3 is 12.3 Å². The molecule has 4 rings (SSSR count). The topological polar surface area (TPSA) is 97.3 Å². The molecule has 2 N–H and O–H groups in total. The first kappa shape index (κ1) is 30.0. The van der Waals surface area contributed by atoms with Crippen molar-refractivity contribution >= 4 is 34.9 Å². The Kier molecular flexibility index (Phi) is 9.31. The third-order valence-corrected chi connectivity index (χ3v) is 6.81. The van der Waals surface area contributed by atoms with Crippen molar-refractivity contribution in [1.82, 2.24) is 0 Å². The molecule has 2 aromatic carbocycles. The molecule has 0 saturated heterocycles. The van der Waals surface area contributed by atoms with Crippen LogP contribution in [0.25, 0.3) is 0 Å². The summed E-state index contributed by atoms with van der Waals surface area (Å²) in [5, 5.41) is 12.6. The molecule has 1 aliphatic heterocycles. The van der Waals surface area contributed by atoms with Gasteiger partial charge in [-0.2, -0.15) is 0 Å². The van der Waals surface area contributed by atoms with E-state index < -0.39 is 35.8 Å². The zero-order valence-electron chi connectivity index (χ0n) is 21.9. The number of hydrogen-bond acceptors (Lipinski definition) is 6. The molecule has 0 bridgehead atoms. The van der Waals surface area contributed by atoms with Crippen LogP contribution < -0.4 is 24.4 Å². The number of benzene rings is 2. The van der Waals surface area contributed by atoms with E-state index in [1.807, 2.05) is 0 Å². The molecular weight excluding hydrogens is 572 g/mol. The van der Waals surface area contributed by atoms with Gasteiger partial charge in [-0.05, 0) is 49.0 Å². The van der Waals surface area contributed by atoms with E-state index in [1.54, 1.807) is 30.4 Å². The number of anilines is 2. The van der Waals surface area contributed by atoms with E-state index in [-0.39, 0.29) is 38.1 Å². The maximum atomic E-state index is 14.3. The molecule has 0 radical (unpaired) electrons. The van der Waals surface area contributed by atoms with Crippen molar-refractivity contribution in [2.45, 2.75) is 44.5 Å². The van der Waals surface area contributed by atoms with Gasteiger partial charge in [-0.3, -0.25) is 9.59 Å². The summed E-state index contributed by atoms with van der Waals surface area (Å²) in [6.45, 7) is 0.264. The third-order valence-electron chi connectivity index (χ3n) is 6.50. The number of aliphatic carboxylic acids is 1. The van der Waals surface area contributed by atoms with E-state index in [4.69, 9.17) is 26.2 Å². The van der Waals surface area contributed by atoms with Crippen molar-refractivity contribution in [1.29, 1.82) is 0 Å². The van der Waals surface area contributed by atoms with Crippen LogP contribution in [-0.4, -0.2) is 49.6 Å². The largest absolute Gasteiger partial charge is 0.573 e. The first-order valence-corrected chi connectivity index (χ1v) is 13.1. The quantitative estimate of drug-likeness (QED) is 0.235. The first-order valence-electron chi connectivity index (χ1n) is 12.7. The van der Waals surface area contributed by atoms with Crippen molar-refractivity contribution < 1.29 is 46.5 Å². The number of carboxylic acids is 1. The standard InChI is InChI=1S/C28H27ClF4N2O6/c1-39-20-12-19(13-21(14-20)40-10-2-3-25(36)37)34-26(16-4-6-18(29)7-5-16)27(38)35-9-8-17-11-22(30)24(15-23(17)35)41-28(31,32)33/h4,6,11-15,26,34H,2-3,5,7-10H2,1H3,(H,36,37). The van der Waals surface area contributed by atoms with Crippen LogP contribution in [0.2, 0.25) is 0 Å². The highest BCUT2D eigenvalue weighted by atomic mass is 35.5. The normalized spacial score (nSPS) is 15.4. The highest BCUT2D eigenvalue weighted by Gasteiger charge is 2.36. The molecule has 41 heavy (non-hydrogen) atoms. The lowest BCUT2D eigenvalue weighted by atomic mass is 9.96. The maximum absolute atomic E-state index is 14.3. The number of carbonyl (C=O) groups excluding carboxylic acids is 1. The van der Waals surface area contributed by atoms with Crippen molar-refractivity contribution in [3.8, 4) is 17.2 Å². The summed E-state index contributed by atoms with van der Waals surface area (Å²) in [5.41, 5.74) is 1.62. The summed E-state index contributed by atoms with van der Waals surface area (Å²) in [4.78, 5) is 26.1. The Morgan fingerprint density at radius 1 is 1.10 bits per heavy atom. The Morgan fingerprint density at radius 2 is 1.85 bits per heavy atom. The number of ether oxygens (including phenoxy) is 3. The number of allylic oxidation sites excluding steroid dienone is 3. The van der Waals surface area contributed by atoms with Crippen LogP contribution in [0.4, 0.5) is 28.9 Å². The Labute approximate surface area is 238 Å². The van der Waals surface area contributed by atoms with Crippen LogP contribution in [0, 0.1) is 5.82 Å². The number of amides is 1. The predicted octanol–water partition coefficient (Wildman–Crippen LogP) is 6.19. The first-order chi connectivity index (χ1) is 19.4. The average molecular weight is 599 g/mol. The molecule has 1 heterocycles. The van der Waals surface area contributed by atoms with Crippen LogP contribution in [0.15, 0.2) is 53.1 Å². The summed E-state index contributed by atoms with van der Waals surface area (Å²) in [7, 11) is 1.45. The van der Waals surface area contributed by atoms with E-state index in [0.29, 0.717) is 46.2 Å². The highest BCUT2D eigenvalue weighted by Crippen LogP contribution is 2.38. The van der Waals surface area contributed by atoms with Crippen LogP contribution in [-0.2, 0) is 16.0 Å². The number of nitrogens with zero attached hydrogens (tertiary/aromatic N) is 1. The molecule has 0 aromatic heterocycles. The van der Waals surface area contributed by atoms with Crippen LogP contribution in [0.5, 0.6) is 17.2 Å². The van der Waals surface area contributed by atoms with Gasteiger partial charge in [0.1, 0.15) is 17.5 Å². The second kappa shape index (κ2) is 12.7. The van der Waals surface area contributed by atoms with E-state index in [1.165, 1.54) is 12.0 Å². The SMILES string of the molecule is COc1cc(NC(C(=O)N2CCc3cc(F)c(OC(F)(F)F)cc32)C2=CC=C(Cl)CC2)cc(OCCCC(=O)O)c1. The number of hydrogen-bond donors (Lipinski definition) is 2. The molecule has 1 aliphatic carbocycles. The van der Waals surface area contributed by atoms with Gasteiger partial charge in [0.2, 0.25) is 0 Å². The molecule has 1 atom stereocenters. The summed E-state index contributed by atoms with van der Waals surface area (Å²) in [5.74, 6) is -2.83. The lowest BCUT2D eigenvalue weighted by molar-refractivity contribution is -0.275. The number of carbonyl (C=O) groups is 2. The van der Waals surface area contributed by atoms with Gasteiger partial charge < -0.3 is 29.5 Å². The fourth-order valence-corrected chi connectivity index (χ4v) is 4.75. The van der Waals surface area contributed by atoms with Crippen LogP contribution in [0.3, 0.4) is 0 Å². The monoisotopic (exact) mass is 598 g/mol. The molecule has 2 aliphatic rings. The fraction of sp³-hybridized carbons (Fsp3) is 0.357. The van der Waals surface area contributed by atoms with E-state index >= 15 is 0 Å². The Morgan fingerprint density at radius 3 is 2.51 bits per heavy atom. The number of halogens is 5. The molecule has 0 spiro atoms. The molecule has 0 saturated carbocycles. The van der Waals surface area contributed by atoms with Gasteiger partial charge in [0, 0.05) is 48.0 Å². The zero-order chi connectivity index (χ0) is 29.7. The van der Waals surface area contributed by atoms with Crippen molar-refractivity contribution in [3.63, 3.8) is 0 Å². The van der Waals surface area contributed by atoms with Gasteiger partial charge in [-0.15, -0.1) is 13.2 Å². The molecule has 1 amide bonds. The molecule has 220 valence electrons. The average Bonchev–Trinajstić information content (AvgIpc) is 3.31. The predicted molar refractivity (Wildman–Crippen MR) is 143 cm³/mol. The van der Waals surface area contributed by atoms with Crippen LogP contribution in [0.1, 0.15) is 31.2 Å². The number of alkyl halides is 3. The van der Waals surface area contributed by atoms with Crippen molar-refractivity contribution in [2.24, 2.45) is 0 Å². The zero-order valence-corrected chi connectivity index (χ0v) is 22.6. The van der Waals surface area contributed by atoms with E-state index in [2.05, 4.69) is 10.1 Å². The maximum Gasteiger partial charge on any atom is 0.573 e. The smallest absolute Gasteiger partial charge is 0.497 e. The second-order valence-electron chi connectivity index (χ2n) is 9.37. The molecule has 1 unspecified atom stereocenters. The number of carboxylic acid groups (broad SMARTS) is 1. The summed E-state index contributed by atoms with van der Waals surface area (Å²) < 4.78 is 67.8. The molecule has 0 fully saturated rings. The minimum absolute atomic E-state index is 0.0627. The minimum atomic E-state index is -5.11. The highest BCUT2D eigenvalue weighted by molar-refractivity contribution is 6.29. The van der Waals surface area contributed by atoms with Crippen LogP contribution >= 0.6 is 11.6 Å². The lowest BCUT2D eigenvalue weighted by Crippen LogP contribution is -2.43. The molecule has 8 nitrogen and oxygen atoms in total. The summed E-state index contributed by atoms with van der Waals surface area (Å²) in [6.07, 6.45) is -0.329. The molecule has 2 aromatic rings. The summed E-state index contributed by atoms with van der Waals surface area (Å²) >= 11 is 6.14. The third kappa shape index (κ3) is 7.84. The van der Waals surface area contributed by atoms with E-state index in [9.17, 15) is 27.2 Å². The van der Waals surface area contributed by atoms with Gasteiger partial charge in [-0.25, -0.2) is 4.39 Å². The van der Waals surface area contributed by atoms with Gasteiger partial charge in [0.15, 0.2) is 11.6 Å². The van der Waals surface area contributed by atoms with Gasteiger partial charge in [0.25, 0.3) is 5.91 Å². The Hall–Kier alpha value is -3.93. The number of methoxy groups -OCH3 is 1. The number of fused-ring (bicyclic) bond motifs is 1. The second-order valence-corrected chi connectivity index (χ2v) is 9.86. The number of rotatable bonds is 11. The van der Waals surface area contributed by atoms with Gasteiger partial charge in [0.05, 0.1) is 19.4 Å². The Bertz CT molecular complexity index is 1380.